The molecule has 0 aromatic heterocycles. The Morgan fingerprint density at radius 2 is 1.43 bits per heavy atom. The molecule has 0 heterocycles. The molecule has 2 aromatic carbocycles. The predicted octanol–water partition coefficient (Wildman–Crippen LogP) is 3.71. The first-order valence-corrected chi connectivity index (χ1v) is 9.14. The van der Waals surface area contributed by atoms with Crippen LogP contribution in [0.4, 0.5) is 0 Å². The van der Waals surface area contributed by atoms with Gasteiger partial charge in [-0.2, -0.15) is 0 Å². The molecule has 0 spiro atoms. The fraction of sp³-hybridized carbons (Fsp3) is 0.222. The summed E-state index contributed by atoms with van der Waals surface area (Å²) in [6, 6.07) is 19.5. The van der Waals surface area contributed by atoms with Crippen molar-refractivity contribution in [3.05, 3.63) is 72.3 Å². The van der Waals surface area contributed by atoms with Crippen molar-refractivity contribution in [3.63, 3.8) is 0 Å². The summed E-state index contributed by atoms with van der Waals surface area (Å²) in [4.78, 5) is 0. The van der Waals surface area contributed by atoms with E-state index in [1.807, 2.05) is 18.2 Å². The van der Waals surface area contributed by atoms with Gasteiger partial charge in [0.2, 0.25) is 0 Å². The fourth-order valence-electron chi connectivity index (χ4n) is 2.54. The number of hydrogen-bond donors (Lipinski definition) is 0. The van der Waals surface area contributed by atoms with E-state index < -0.39 is 8.56 Å². The van der Waals surface area contributed by atoms with E-state index in [0.717, 1.165) is 27.9 Å². The molecule has 0 aliphatic carbocycles. The summed E-state index contributed by atoms with van der Waals surface area (Å²) in [5, 5.41) is 1.15. The Morgan fingerprint density at radius 3 is 1.90 bits per heavy atom. The van der Waals surface area contributed by atoms with Crippen LogP contribution in [-0.2, 0) is 8.85 Å². The monoisotopic (exact) mass is 298 g/mol. The van der Waals surface area contributed by atoms with Gasteiger partial charge in [0.05, 0.1) is 0 Å². The van der Waals surface area contributed by atoms with Crippen molar-refractivity contribution < 1.29 is 8.85 Å². The first kappa shape index (κ1) is 15.7. The van der Waals surface area contributed by atoms with Gasteiger partial charge < -0.3 is 8.85 Å². The molecule has 0 saturated heterocycles. The summed E-state index contributed by atoms with van der Waals surface area (Å²) in [5.41, 5.74) is 3.29. The van der Waals surface area contributed by atoms with Crippen molar-refractivity contribution in [2.75, 3.05) is 14.2 Å². The quantitative estimate of drug-likeness (QED) is 0.757. The summed E-state index contributed by atoms with van der Waals surface area (Å²) < 4.78 is 11.4. The minimum Gasteiger partial charge on any atom is -0.394 e. The number of rotatable bonds is 6. The van der Waals surface area contributed by atoms with Crippen molar-refractivity contribution >= 4 is 19.3 Å². The highest BCUT2D eigenvalue weighted by Gasteiger charge is 2.35. The van der Waals surface area contributed by atoms with E-state index in [1.54, 1.807) is 14.2 Å². The molecular weight excluding hydrogens is 276 g/mol. The molecule has 21 heavy (non-hydrogen) atoms. The van der Waals surface area contributed by atoms with Crippen molar-refractivity contribution in [1.82, 2.24) is 0 Å². The highest BCUT2D eigenvalue weighted by molar-refractivity contribution is 6.81. The van der Waals surface area contributed by atoms with E-state index in [4.69, 9.17) is 8.85 Å². The van der Waals surface area contributed by atoms with E-state index in [0.29, 0.717) is 0 Å². The van der Waals surface area contributed by atoms with Crippen LogP contribution in [0.5, 0.6) is 0 Å². The van der Waals surface area contributed by atoms with Crippen LogP contribution in [0.15, 0.2) is 61.2 Å². The second-order valence-electron chi connectivity index (χ2n) is 4.94. The molecule has 0 bridgehead atoms. The van der Waals surface area contributed by atoms with Gasteiger partial charge in [0.1, 0.15) is 0 Å². The first-order chi connectivity index (χ1) is 10.2. The van der Waals surface area contributed by atoms with Crippen LogP contribution in [0.3, 0.4) is 0 Å². The van der Waals surface area contributed by atoms with Gasteiger partial charge in [-0.3, -0.25) is 0 Å². The average molecular weight is 298 g/mol. The maximum Gasteiger partial charge on any atom is 0.371 e. The SMILES string of the molecule is C=C(c1ccccc1)c1ccc([Si](CC)(OC)OC)cc1. The third kappa shape index (κ3) is 3.15. The Hall–Kier alpha value is -1.68. The van der Waals surface area contributed by atoms with Gasteiger partial charge in [-0.25, -0.2) is 0 Å². The lowest BCUT2D eigenvalue weighted by Crippen LogP contribution is -2.51. The predicted molar refractivity (Wildman–Crippen MR) is 90.9 cm³/mol. The van der Waals surface area contributed by atoms with E-state index in [1.165, 1.54) is 0 Å². The van der Waals surface area contributed by atoms with Gasteiger partial charge >= 0.3 is 8.56 Å². The molecule has 0 atom stereocenters. The molecule has 0 aliphatic heterocycles. The normalized spacial score (nSPS) is 11.4. The Balaban J connectivity index is 2.29. The summed E-state index contributed by atoms with van der Waals surface area (Å²) >= 11 is 0. The summed E-state index contributed by atoms with van der Waals surface area (Å²) in [6.45, 7) is 6.30. The second-order valence-corrected chi connectivity index (χ2v) is 8.54. The van der Waals surface area contributed by atoms with Crippen LogP contribution in [0.1, 0.15) is 18.1 Å². The third-order valence-electron chi connectivity index (χ3n) is 3.92. The molecular formula is C18H22O2Si. The highest BCUT2D eigenvalue weighted by atomic mass is 28.4. The van der Waals surface area contributed by atoms with Crippen LogP contribution in [0.2, 0.25) is 6.04 Å². The van der Waals surface area contributed by atoms with E-state index in [2.05, 4.69) is 49.9 Å². The van der Waals surface area contributed by atoms with Crippen LogP contribution < -0.4 is 5.19 Å². The van der Waals surface area contributed by atoms with Crippen LogP contribution >= 0.6 is 0 Å². The molecule has 2 rings (SSSR count). The molecule has 3 heteroatoms. The van der Waals surface area contributed by atoms with Gasteiger partial charge in [-0.1, -0.05) is 68.1 Å². The molecule has 0 amide bonds. The maximum absolute atomic E-state index is 5.70. The van der Waals surface area contributed by atoms with Crippen LogP contribution in [0, 0.1) is 0 Å². The maximum atomic E-state index is 5.70. The van der Waals surface area contributed by atoms with Crippen LogP contribution in [-0.4, -0.2) is 22.8 Å². The van der Waals surface area contributed by atoms with Crippen molar-refractivity contribution in [2.24, 2.45) is 0 Å². The molecule has 2 aromatic rings. The van der Waals surface area contributed by atoms with Gasteiger partial charge in [-0.05, 0) is 27.9 Å². The molecule has 0 saturated carbocycles. The smallest absolute Gasteiger partial charge is 0.371 e. The largest absolute Gasteiger partial charge is 0.394 e. The summed E-state index contributed by atoms with van der Waals surface area (Å²) in [6.07, 6.45) is 0. The topological polar surface area (TPSA) is 18.5 Å². The van der Waals surface area contributed by atoms with E-state index in [-0.39, 0.29) is 0 Å². The Morgan fingerprint density at radius 1 is 0.905 bits per heavy atom. The fourth-order valence-corrected chi connectivity index (χ4v) is 4.84. The highest BCUT2D eigenvalue weighted by Crippen LogP contribution is 2.21. The summed E-state index contributed by atoms with van der Waals surface area (Å²) in [5.74, 6) is 0. The number of benzene rings is 2. The zero-order valence-electron chi connectivity index (χ0n) is 12.9. The Bertz CT molecular complexity index is 578. The molecule has 0 aliphatic rings. The molecule has 0 radical (unpaired) electrons. The Kier molecular flexibility index (Phi) is 5.12. The average Bonchev–Trinajstić information content (AvgIpc) is 2.58. The van der Waals surface area contributed by atoms with Gasteiger partial charge in [0, 0.05) is 14.2 Å². The zero-order valence-corrected chi connectivity index (χ0v) is 13.9. The van der Waals surface area contributed by atoms with E-state index >= 15 is 0 Å². The van der Waals surface area contributed by atoms with Crippen molar-refractivity contribution in [1.29, 1.82) is 0 Å². The number of hydrogen-bond acceptors (Lipinski definition) is 2. The lowest BCUT2D eigenvalue weighted by molar-refractivity contribution is 0.259. The molecule has 0 fully saturated rings. The van der Waals surface area contributed by atoms with Crippen molar-refractivity contribution in [3.8, 4) is 0 Å². The zero-order chi connectivity index (χ0) is 15.3. The standard InChI is InChI=1S/C18H22O2Si/c1-5-21(19-3,20-4)18-13-11-17(12-14-18)15(2)16-9-7-6-8-10-16/h6-14H,2,5H2,1,3-4H3. The van der Waals surface area contributed by atoms with Crippen LogP contribution in [0.25, 0.3) is 5.57 Å². The first-order valence-electron chi connectivity index (χ1n) is 7.12. The molecule has 0 unspecified atom stereocenters. The Labute approximate surface area is 128 Å². The lowest BCUT2D eigenvalue weighted by atomic mass is 10.00. The van der Waals surface area contributed by atoms with Gasteiger partial charge in [-0.15, -0.1) is 0 Å². The third-order valence-corrected chi connectivity index (χ3v) is 7.38. The van der Waals surface area contributed by atoms with E-state index in [9.17, 15) is 0 Å². The summed E-state index contributed by atoms with van der Waals surface area (Å²) in [7, 11) is 1.20. The minimum absolute atomic E-state index is 0.888. The van der Waals surface area contributed by atoms with Crippen molar-refractivity contribution in [2.45, 2.75) is 13.0 Å². The van der Waals surface area contributed by atoms with Gasteiger partial charge in [0.25, 0.3) is 0 Å². The minimum atomic E-state index is -2.26. The van der Waals surface area contributed by atoms with Gasteiger partial charge in [0.15, 0.2) is 0 Å². The molecule has 110 valence electrons. The molecule has 2 nitrogen and oxygen atoms in total. The second kappa shape index (κ2) is 6.85. The molecule has 0 N–H and O–H groups in total. The lowest BCUT2D eigenvalue weighted by Gasteiger charge is -2.26.